The zero-order valence-corrected chi connectivity index (χ0v) is 9.33. The first-order valence-corrected chi connectivity index (χ1v) is 2.66. The second kappa shape index (κ2) is 6.23. The van der Waals surface area contributed by atoms with Gasteiger partial charge in [0.15, 0.2) is 0 Å². The van der Waals surface area contributed by atoms with Gasteiger partial charge >= 0.3 is 59.1 Å². The molecule has 0 aliphatic rings. The van der Waals surface area contributed by atoms with Gasteiger partial charge in [0.2, 0.25) is 0 Å². The molecule has 0 aliphatic heterocycles. The quantitative estimate of drug-likeness (QED) is 0.269. The summed E-state index contributed by atoms with van der Waals surface area (Å²) in [5, 5.41) is 0. The van der Waals surface area contributed by atoms with E-state index in [1.165, 1.54) is 0 Å². The van der Waals surface area contributed by atoms with Crippen molar-refractivity contribution in [2.75, 3.05) is 0 Å². The van der Waals surface area contributed by atoms with E-state index in [-0.39, 0.29) is 59.1 Å². The Morgan fingerprint density at radius 3 is 1.29 bits per heavy atom. The van der Waals surface area contributed by atoms with Crippen LogP contribution in [0.5, 0.6) is 0 Å². The molecule has 0 bridgehead atoms. The third-order valence-electron chi connectivity index (χ3n) is 0. The van der Waals surface area contributed by atoms with Crippen LogP contribution in [0.3, 0.4) is 0 Å². The SMILES string of the molecule is [NH-]P([NH-])(N)=O.[Na+].[Na+]. The molecule has 0 aromatic carbocycles. The average Bonchev–Trinajstić information content (AvgIpc) is 0.722. The van der Waals surface area contributed by atoms with E-state index >= 15 is 0 Å². The van der Waals surface area contributed by atoms with Gasteiger partial charge in [-0.1, -0.05) is 0 Å². The summed E-state index contributed by atoms with van der Waals surface area (Å²) in [6.45, 7) is 0. The predicted octanol–water partition coefficient (Wildman–Crippen LogP) is -4.83. The van der Waals surface area contributed by atoms with Crippen LogP contribution >= 0.6 is 7.59 Å². The number of rotatable bonds is 0. The van der Waals surface area contributed by atoms with Gasteiger partial charge in [0.1, 0.15) is 0 Å². The van der Waals surface area contributed by atoms with Crippen LogP contribution in [0.2, 0.25) is 0 Å². The summed E-state index contributed by atoms with van der Waals surface area (Å²) in [4.78, 5) is 0. The van der Waals surface area contributed by atoms with Crippen molar-refractivity contribution in [1.29, 1.82) is 0 Å². The maximum Gasteiger partial charge on any atom is 1.00 e. The summed E-state index contributed by atoms with van der Waals surface area (Å²) >= 11 is 0. The van der Waals surface area contributed by atoms with Gasteiger partial charge in [-0.3, -0.25) is 0 Å². The maximum atomic E-state index is 9.33. The summed E-state index contributed by atoms with van der Waals surface area (Å²) < 4.78 is 9.33. The molecule has 0 fully saturated rings. The van der Waals surface area contributed by atoms with Crippen molar-refractivity contribution in [3.63, 3.8) is 0 Å². The molecule has 0 saturated carbocycles. The van der Waals surface area contributed by atoms with Crippen LogP contribution in [0.1, 0.15) is 0 Å². The van der Waals surface area contributed by atoms with Crippen molar-refractivity contribution in [2.24, 2.45) is 5.50 Å². The Labute approximate surface area is 86.7 Å². The molecule has 0 rings (SSSR count). The van der Waals surface area contributed by atoms with E-state index in [2.05, 4.69) is 5.50 Å². The topological polar surface area (TPSA) is 90.7 Å². The Balaban J connectivity index is -0.0000000800. The van der Waals surface area contributed by atoms with Crippen LogP contribution in [0.15, 0.2) is 0 Å². The molecular weight excluding hydrogens is 135 g/mol. The van der Waals surface area contributed by atoms with Crippen LogP contribution in [0.25, 0.3) is 11.0 Å². The third-order valence-corrected chi connectivity index (χ3v) is 0. The second-order valence-electron chi connectivity index (χ2n) is 0.658. The molecule has 0 aromatic heterocycles. The monoisotopic (exact) mass is 139 g/mol. The molecule has 0 radical (unpaired) electrons. The molecule has 0 aromatic rings. The van der Waals surface area contributed by atoms with Gasteiger partial charge in [0, 0.05) is 0 Å². The van der Waals surface area contributed by atoms with Crippen molar-refractivity contribution < 1.29 is 63.7 Å². The van der Waals surface area contributed by atoms with Crippen LogP contribution in [-0.2, 0) is 4.57 Å². The van der Waals surface area contributed by atoms with Crippen molar-refractivity contribution in [3.8, 4) is 0 Å². The van der Waals surface area contributed by atoms with Gasteiger partial charge in [-0.15, -0.1) is 0 Å². The van der Waals surface area contributed by atoms with E-state index < -0.39 is 7.59 Å². The predicted molar refractivity (Wildman–Crippen MR) is 20.4 cm³/mol. The molecule has 0 aliphatic carbocycles. The van der Waals surface area contributed by atoms with E-state index in [4.69, 9.17) is 11.0 Å². The second-order valence-corrected chi connectivity index (χ2v) is 1.97. The fourth-order valence-corrected chi connectivity index (χ4v) is 0. The van der Waals surface area contributed by atoms with Crippen molar-refractivity contribution in [1.82, 2.24) is 0 Å². The van der Waals surface area contributed by atoms with E-state index in [0.717, 1.165) is 0 Å². The Bertz CT molecular complexity index is 59.1. The van der Waals surface area contributed by atoms with Gasteiger partial charge < -0.3 is 21.1 Å². The number of nitrogens with one attached hydrogen (secondary N) is 2. The van der Waals surface area contributed by atoms with Gasteiger partial charge in [-0.05, 0) is 7.59 Å². The molecule has 0 atom stereocenters. The summed E-state index contributed by atoms with van der Waals surface area (Å²) in [5.74, 6) is 0. The summed E-state index contributed by atoms with van der Waals surface area (Å²) in [5.41, 5.74) is 16.1. The summed E-state index contributed by atoms with van der Waals surface area (Å²) in [7, 11) is -3.64. The van der Waals surface area contributed by atoms with Gasteiger partial charge in [0.25, 0.3) is 0 Å². The first-order chi connectivity index (χ1) is 2.00. The first kappa shape index (κ1) is 16.1. The van der Waals surface area contributed by atoms with E-state index in [9.17, 15) is 4.57 Å². The zero-order chi connectivity index (χ0) is 4.50. The Hall–Kier alpha value is 2.11. The van der Waals surface area contributed by atoms with Gasteiger partial charge in [-0.25, -0.2) is 0 Å². The number of hydrogen-bond donors (Lipinski definition) is 1. The average molecular weight is 139 g/mol. The summed E-state index contributed by atoms with van der Waals surface area (Å²) in [6.07, 6.45) is 0. The van der Waals surface area contributed by atoms with E-state index in [0.29, 0.717) is 0 Å². The molecule has 0 unspecified atom stereocenters. The van der Waals surface area contributed by atoms with Gasteiger partial charge in [0.05, 0.1) is 0 Å². The van der Waals surface area contributed by atoms with Crippen LogP contribution in [0.4, 0.5) is 0 Å². The van der Waals surface area contributed by atoms with Crippen LogP contribution < -0.4 is 64.6 Å². The molecule has 7 heavy (non-hydrogen) atoms. The maximum absolute atomic E-state index is 9.33. The first-order valence-electron chi connectivity index (χ1n) is 0.888. The molecule has 4 N–H and O–H groups in total. The third kappa shape index (κ3) is 68.0. The molecule has 32 valence electrons. The Kier molecular flexibility index (Phi) is 14.3. The molecule has 0 saturated heterocycles. The van der Waals surface area contributed by atoms with Crippen LogP contribution in [-0.4, -0.2) is 0 Å². The normalized spacial score (nSPS) is 8.43. The minimum Gasteiger partial charge on any atom is -0.623 e. The zero-order valence-electron chi connectivity index (χ0n) is 4.43. The van der Waals surface area contributed by atoms with Crippen molar-refractivity contribution >= 4 is 7.59 Å². The molecule has 7 heteroatoms. The standard InChI is InChI=1S/H4N3OP.2Na/c1-5(2,3)4;;/h(H4-2,1,2,3,4);;/q-2;2*+1. The fraction of sp³-hybridized carbons (Fsp3) is 0. The molecule has 0 spiro atoms. The largest absolute Gasteiger partial charge is 1.00 e. The minimum atomic E-state index is -3.64. The molecule has 0 heterocycles. The van der Waals surface area contributed by atoms with E-state index in [1.807, 2.05) is 0 Å². The molecular formula is H4N3Na2OP. The fourth-order valence-electron chi connectivity index (χ4n) is 0. The minimum absolute atomic E-state index is 0. The van der Waals surface area contributed by atoms with Crippen molar-refractivity contribution in [3.05, 3.63) is 11.0 Å². The van der Waals surface area contributed by atoms with E-state index in [1.54, 1.807) is 0 Å². The Morgan fingerprint density at radius 2 is 1.29 bits per heavy atom. The number of hydrogen-bond acceptors (Lipinski definition) is 1. The molecule has 4 nitrogen and oxygen atoms in total. The smallest absolute Gasteiger partial charge is 0.623 e. The van der Waals surface area contributed by atoms with Crippen LogP contribution in [0, 0.1) is 0 Å². The van der Waals surface area contributed by atoms with Gasteiger partial charge in [-0.2, -0.15) is 0 Å². The number of nitrogens with two attached hydrogens (primary N) is 1. The van der Waals surface area contributed by atoms with Crippen molar-refractivity contribution in [2.45, 2.75) is 0 Å². The molecule has 0 amide bonds. The Morgan fingerprint density at radius 1 is 1.29 bits per heavy atom. The summed E-state index contributed by atoms with van der Waals surface area (Å²) in [6, 6.07) is 0.